The second-order valence-corrected chi connectivity index (χ2v) is 13.9. The quantitative estimate of drug-likeness (QED) is 0.0579. The van der Waals surface area contributed by atoms with E-state index in [0.717, 1.165) is 77.0 Å². The van der Waals surface area contributed by atoms with Gasteiger partial charge < -0.3 is 9.47 Å². The number of hydrogen-bond donors (Lipinski definition) is 0. The molecule has 0 bridgehead atoms. The largest absolute Gasteiger partial charge is 0.459 e. The zero-order valence-electron chi connectivity index (χ0n) is 30.9. The number of benzene rings is 1. The van der Waals surface area contributed by atoms with Crippen molar-refractivity contribution in [1.82, 2.24) is 0 Å². The van der Waals surface area contributed by atoms with Gasteiger partial charge in [0.2, 0.25) is 0 Å². The van der Waals surface area contributed by atoms with E-state index in [0.29, 0.717) is 11.1 Å². The van der Waals surface area contributed by atoms with Crippen molar-refractivity contribution in [3.63, 3.8) is 0 Å². The topological polar surface area (TPSA) is 52.6 Å². The smallest absolute Gasteiger partial charge is 0.338 e. The van der Waals surface area contributed by atoms with Crippen LogP contribution < -0.4 is 0 Å². The number of rotatable bonds is 32. The minimum atomic E-state index is -0.318. The molecule has 1 aromatic rings. The van der Waals surface area contributed by atoms with Crippen molar-refractivity contribution in [2.75, 3.05) is 0 Å². The van der Waals surface area contributed by atoms with Gasteiger partial charge in [0.25, 0.3) is 0 Å². The summed E-state index contributed by atoms with van der Waals surface area (Å²) in [6.45, 7) is 8.94. The molecule has 0 heterocycles. The summed E-state index contributed by atoms with van der Waals surface area (Å²) in [5.41, 5.74) is 0.895. The molecule has 2 atom stereocenters. The highest BCUT2D eigenvalue weighted by Crippen LogP contribution is 2.21. The molecule has 0 spiro atoms. The first kappa shape index (κ1) is 42.2. The maximum absolute atomic E-state index is 13.2. The van der Waals surface area contributed by atoms with Crippen LogP contribution in [0.15, 0.2) is 24.3 Å². The summed E-state index contributed by atoms with van der Waals surface area (Å²) >= 11 is 0. The average molecular weight is 643 g/mol. The molecule has 1 aromatic carbocycles. The number of carbonyl (C=O) groups is 2. The van der Waals surface area contributed by atoms with Gasteiger partial charge in [-0.15, -0.1) is 0 Å². The van der Waals surface area contributed by atoms with E-state index in [1.807, 2.05) is 0 Å². The van der Waals surface area contributed by atoms with Gasteiger partial charge in [-0.05, 0) is 69.6 Å². The summed E-state index contributed by atoms with van der Waals surface area (Å²) < 4.78 is 12.1. The minimum Gasteiger partial charge on any atom is -0.459 e. The first-order valence-corrected chi connectivity index (χ1v) is 20.1. The number of hydrogen-bond acceptors (Lipinski definition) is 4. The Kier molecular flexibility index (Phi) is 28.0. The van der Waals surface area contributed by atoms with Crippen molar-refractivity contribution < 1.29 is 19.1 Å². The molecule has 4 nitrogen and oxygen atoms in total. The molecular formula is C42H74O4. The summed E-state index contributed by atoms with van der Waals surface area (Å²) in [7, 11) is 0. The van der Waals surface area contributed by atoms with E-state index >= 15 is 0 Å². The Morgan fingerprint density at radius 3 is 1.02 bits per heavy atom. The molecule has 266 valence electrons. The van der Waals surface area contributed by atoms with Crippen molar-refractivity contribution in [3.05, 3.63) is 35.4 Å². The maximum atomic E-state index is 13.2. The van der Waals surface area contributed by atoms with Gasteiger partial charge in [-0.25, -0.2) is 9.59 Å². The monoisotopic (exact) mass is 643 g/mol. The third-order valence-corrected chi connectivity index (χ3v) is 9.40. The van der Waals surface area contributed by atoms with Gasteiger partial charge in [0.05, 0.1) is 11.1 Å². The average Bonchev–Trinajstić information content (AvgIpc) is 3.06. The Morgan fingerprint density at radius 1 is 0.435 bits per heavy atom. The highest BCUT2D eigenvalue weighted by molar-refractivity contribution is 5.95. The number of carbonyl (C=O) groups excluding carboxylic acids is 2. The minimum absolute atomic E-state index is 0.0569. The lowest BCUT2D eigenvalue weighted by atomic mass is 10.0. The van der Waals surface area contributed by atoms with Gasteiger partial charge >= 0.3 is 11.9 Å². The van der Waals surface area contributed by atoms with E-state index in [2.05, 4.69) is 27.7 Å². The lowest BCUT2D eigenvalue weighted by Gasteiger charge is -2.19. The van der Waals surface area contributed by atoms with E-state index in [1.165, 1.54) is 103 Å². The first-order valence-electron chi connectivity index (χ1n) is 20.1. The van der Waals surface area contributed by atoms with Crippen LogP contribution in [-0.2, 0) is 9.47 Å². The fourth-order valence-electron chi connectivity index (χ4n) is 6.35. The Bertz CT molecular complexity index is 785. The van der Waals surface area contributed by atoms with Crippen molar-refractivity contribution in [2.24, 2.45) is 0 Å². The van der Waals surface area contributed by atoms with Crippen LogP contribution in [0.4, 0.5) is 0 Å². The van der Waals surface area contributed by atoms with Crippen LogP contribution in [0.25, 0.3) is 0 Å². The predicted octanol–water partition coefficient (Wildman–Crippen LogP) is 13.7. The van der Waals surface area contributed by atoms with Gasteiger partial charge in [0.1, 0.15) is 12.2 Å². The second-order valence-electron chi connectivity index (χ2n) is 13.9. The molecule has 1 rings (SSSR count). The third-order valence-electron chi connectivity index (χ3n) is 9.40. The van der Waals surface area contributed by atoms with E-state index in [1.54, 1.807) is 24.3 Å². The SMILES string of the molecule is CCCCCCCCCCCC(CCCCC)OC(=O)c1cccc(C(=O)OC(CCCCC)CCCCCCCCCCC)c1. The summed E-state index contributed by atoms with van der Waals surface area (Å²) in [4.78, 5) is 26.5. The van der Waals surface area contributed by atoms with Gasteiger partial charge in [-0.2, -0.15) is 0 Å². The molecule has 0 aliphatic carbocycles. The Balaban J connectivity index is 2.62. The third kappa shape index (κ3) is 22.6. The molecule has 46 heavy (non-hydrogen) atoms. The molecule has 0 N–H and O–H groups in total. The normalized spacial score (nSPS) is 12.6. The molecule has 2 unspecified atom stereocenters. The molecule has 0 amide bonds. The fraction of sp³-hybridized carbons (Fsp3) is 0.810. The zero-order valence-corrected chi connectivity index (χ0v) is 30.9. The molecular weight excluding hydrogens is 568 g/mol. The van der Waals surface area contributed by atoms with Gasteiger partial charge in [0.15, 0.2) is 0 Å². The van der Waals surface area contributed by atoms with Crippen LogP contribution >= 0.6 is 0 Å². The highest BCUT2D eigenvalue weighted by atomic mass is 16.5. The second kappa shape index (κ2) is 30.5. The number of esters is 2. The van der Waals surface area contributed by atoms with E-state index in [4.69, 9.17) is 9.47 Å². The summed E-state index contributed by atoms with van der Waals surface area (Å²) in [5.74, 6) is -0.637. The molecule has 0 saturated heterocycles. The Hall–Kier alpha value is -1.84. The van der Waals surface area contributed by atoms with Gasteiger partial charge in [0, 0.05) is 0 Å². The van der Waals surface area contributed by atoms with Crippen LogP contribution in [0.3, 0.4) is 0 Å². The molecule has 0 saturated carbocycles. The summed E-state index contributed by atoms with van der Waals surface area (Å²) in [5, 5.41) is 0. The fourth-order valence-corrected chi connectivity index (χ4v) is 6.35. The van der Waals surface area contributed by atoms with Crippen molar-refractivity contribution in [3.8, 4) is 0 Å². The van der Waals surface area contributed by atoms with Crippen LogP contribution in [-0.4, -0.2) is 24.1 Å². The van der Waals surface area contributed by atoms with Crippen LogP contribution in [0.1, 0.15) is 228 Å². The molecule has 0 aromatic heterocycles. The van der Waals surface area contributed by atoms with Gasteiger partial charge in [-0.1, -0.05) is 162 Å². The predicted molar refractivity (Wildman–Crippen MR) is 197 cm³/mol. The summed E-state index contributed by atoms with van der Waals surface area (Å²) in [6.07, 6.45) is 33.5. The summed E-state index contributed by atoms with van der Waals surface area (Å²) in [6, 6.07) is 6.99. The van der Waals surface area contributed by atoms with E-state index in [9.17, 15) is 9.59 Å². The zero-order chi connectivity index (χ0) is 33.5. The molecule has 0 aliphatic heterocycles. The van der Waals surface area contributed by atoms with Crippen LogP contribution in [0.2, 0.25) is 0 Å². The lowest BCUT2D eigenvalue weighted by molar-refractivity contribution is 0.0248. The Labute approximate surface area is 285 Å². The molecule has 0 fully saturated rings. The lowest BCUT2D eigenvalue weighted by Crippen LogP contribution is -2.20. The maximum Gasteiger partial charge on any atom is 0.338 e. The molecule has 0 radical (unpaired) electrons. The molecule has 4 heteroatoms. The van der Waals surface area contributed by atoms with Crippen molar-refractivity contribution in [2.45, 2.75) is 220 Å². The van der Waals surface area contributed by atoms with E-state index < -0.39 is 0 Å². The van der Waals surface area contributed by atoms with Crippen LogP contribution in [0, 0.1) is 0 Å². The number of unbranched alkanes of at least 4 members (excludes halogenated alkanes) is 20. The highest BCUT2D eigenvalue weighted by Gasteiger charge is 2.20. The van der Waals surface area contributed by atoms with Crippen molar-refractivity contribution >= 4 is 11.9 Å². The standard InChI is InChI=1S/C42H74O4/c1-5-9-13-15-17-19-21-23-27-34-39(32-25-11-7-3)45-41(43)37-30-29-31-38(36-37)42(44)46-40(33-26-12-8-4)35-28-24-22-20-18-16-14-10-6-2/h29-31,36,39-40H,5-28,32-35H2,1-4H3. The van der Waals surface area contributed by atoms with Crippen LogP contribution in [0.5, 0.6) is 0 Å². The first-order chi connectivity index (χ1) is 22.5. The molecule has 0 aliphatic rings. The number of ether oxygens (including phenoxy) is 2. The van der Waals surface area contributed by atoms with Gasteiger partial charge in [-0.3, -0.25) is 0 Å². The van der Waals surface area contributed by atoms with Crippen molar-refractivity contribution in [1.29, 1.82) is 0 Å². The van der Waals surface area contributed by atoms with E-state index in [-0.39, 0.29) is 24.1 Å². The Morgan fingerprint density at radius 2 is 0.696 bits per heavy atom.